The number of hydrogen-bond acceptors (Lipinski definition) is 3. The molecule has 104 valence electrons. The number of hydrogen-bond donors (Lipinski definition) is 1. The van der Waals surface area contributed by atoms with E-state index in [1.807, 2.05) is 0 Å². The molecule has 0 atom stereocenters. The van der Waals surface area contributed by atoms with Crippen LogP contribution < -0.4 is 0 Å². The predicted octanol–water partition coefficient (Wildman–Crippen LogP) is 3.43. The second-order valence-electron chi connectivity index (χ2n) is 4.07. The van der Waals surface area contributed by atoms with Crippen molar-refractivity contribution in [3.05, 3.63) is 39.9 Å². The zero-order valence-electron chi connectivity index (χ0n) is 10.1. The highest BCUT2D eigenvalue weighted by molar-refractivity contribution is 7.91. The van der Waals surface area contributed by atoms with Crippen molar-refractivity contribution in [2.75, 3.05) is 5.75 Å². The van der Waals surface area contributed by atoms with E-state index in [1.165, 1.54) is 12.1 Å². The van der Waals surface area contributed by atoms with Crippen molar-refractivity contribution in [1.82, 2.24) is 0 Å². The number of benzene rings is 1. The number of rotatable bonds is 5. The fourth-order valence-corrected chi connectivity index (χ4v) is 3.76. The second-order valence-corrected chi connectivity index (χ2v) is 6.93. The number of allylic oxidation sites excluding steroid dienone is 1. The van der Waals surface area contributed by atoms with Crippen LogP contribution in [-0.4, -0.2) is 25.2 Å². The van der Waals surface area contributed by atoms with Gasteiger partial charge in [-0.05, 0) is 25.5 Å². The normalized spacial score (nSPS) is 11.3. The predicted molar refractivity (Wildman–Crippen MR) is 74.9 cm³/mol. The van der Waals surface area contributed by atoms with Crippen molar-refractivity contribution in [3.63, 3.8) is 0 Å². The van der Waals surface area contributed by atoms with Gasteiger partial charge in [0.25, 0.3) is 0 Å². The number of carboxylic acids is 1. The van der Waals surface area contributed by atoms with Crippen LogP contribution in [0.4, 0.5) is 0 Å². The quantitative estimate of drug-likeness (QED) is 0.843. The molecule has 0 bridgehead atoms. The Balaban J connectivity index is 3.33. The molecule has 0 aliphatic rings. The van der Waals surface area contributed by atoms with Gasteiger partial charge in [-0.25, -0.2) is 13.2 Å². The summed E-state index contributed by atoms with van der Waals surface area (Å²) in [5.41, 5.74) is 0.312. The first-order valence-electron chi connectivity index (χ1n) is 5.25. The standard InChI is InChI=1S/C12H12Cl2O4S/c1-7(2)5-6-19(17,18)9-4-3-8(13)10(11(9)14)12(15)16/h3-4H,1,5-6H2,2H3,(H,15,16). The molecular formula is C12H12Cl2O4S. The summed E-state index contributed by atoms with van der Waals surface area (Å²) in [4.78, 5) is 10.8. The summed E-state index contributed by atoms with van der Waals surface area (Å²) in [5.74, 6) is -1.55. The van der Waals surface area contributed by atoms with Gasteiger partial charge in [-0.2, -0.15) is 0 Å². The lowest BCUT2D eigenvalue weighted by atomic mass is 10.2. The monoisotopic (exact) mass is 322 g/mol. The average Bonchev–Trinajstić information content (AvgIpc) is 2.25. The summed E-state index contributed by atoms with van der Waals surface area (Å²) >= 11 is 11.5. The van der Waals surface area contributed by atoms with Crippen LogP contribution in [0.2, 0.25) is 10.0 Å². The van der Waals surface area contributed by atoms with E-state index in [0.717, 1.165) is 0 Å². The topological polar surface area (TPSA) is 71.4 Å². The van der Waals surface area contributed by atoms with Crippen LogP contribution in [0.25, 0.3) is 0 Å². The van der Waals surface area contributed by atoms with E-state index in [4.69, 9.17) is 28.3 Å². The zero-order valence-corrected chi connectivity index (χ0v) is 12.4. The Hall–Kier alpha value is -1.04. The van der Waals surface area contributed by atoms with Crippen LogP contribution in [0.15, 0.2) is 29.2 Å². The second kappa shape index (κ2) is 5.94. The van der Waals surface area contributed by atoms with Crippen molar-refractivity contribution in [2.24, 2.45) is 0 Å². The SMILES string of the molecule is C=C(C)CCS(=O)(=O)c1ccc(Cl)c(C(=O)O)c1Cl. The summed E-state index contributed by atoms with van der Waals surface area (Å²) in [6, 6.07) is 2.43. The average molecular weight is 323 g/mol. The molecule has 0 spiro atoms. The van der Waals surface area contributed by atoms with Crippen LogP contribution in [0.1, 0.15) is 23.7 Å². The van der Waals surface area contributed by atoms with Crippen molar-refractivity contribution in [1.29, 1.82) is 0 Å². The van der Waals surface area contributed by atoms with E-state index in [9.17, 15) is 13.2 Å². The molecule has 0 aliphatic carbocycles. The van der Waals surface area contributed by atoms with Crippen LogP contribution >= 0.6 is 23.2 Å². The summed E-state index contributed by atoms with van der Waals surface area (Å²) in [6.07, 6.45) is 0.281. The fraction of sp³-hybridized carbons (Fsp3) is 0.250. The summed E-state index contributed by atoms with van der Waals surface area (Å²) in [6.45, 7) is 5.33. The third-order valence-corrected chi connectivity index (χ3v) is 4.97. The Morgan fingerprint density at radius 3 is 2.42 bits per heavy atom. The molecule has 0 radical (unpaired) electrons. The largest absolute Gasteiger partial charge is 0.478 e. The van der Waals surface area contributed by atoms with Crippen molar-refractivity contribution < 1.29 is 18.3 Å². The van der Waals surface area contributed by atoms with Crippen LogP contribution in [0.5, 0.6) is 0 Å². The molecule has 1 N–H and O–H groups in total. The van der Waals surface area contributed by atoms with Crippen LogP contribution in [0.3, 0.4) is 0 Å². The smallest absolute Gasteiger partial charge is 0.338 e. The molecule has 1 aromatic rings. The number of carboxylic acid groups (broad SMARTS) is 1. The number of aromatic carboxylic acids is 1. The molecule has 19 heavy (non-hydrogen) atoms. The summed E-state index contributed by atoms with van der Waals surface area (Å²) in [7, 11) is -3.67. The lowest BCUT2D eigenvalue weighted by Gasteiger charge is -2.09. The molecule has 0 aromatic heterocycles. The lowest BCUT2D eigenvalue weighted by molar-refractivity contribution is 0.0697. The third-order valence-electron chi connectivity index (χ3n) is 2.40. The molecule has 0 saturated heterocycles. The molecule has 7 heteroatoms. The van der Waals surface area contributed by atoms with Gasteiger partial charge in [-0.3, -0.25) is 0 Å². The van der Waals surface area contributed by atoms with Gasteiger partial charge in [-0.15, -0.1) is 6.58 Å². The Labute approximate surface area is 121 Å². The summed E-state index contributed by atoms with van der Waals surface area (Å²) in [5, 5.41) is 8.52. The number of halogens is 2. The Morgan fingerprint density at radius 2 is 1.95 bits per heavy atom. The molecular weight excluding hydrogens is 311 g/mol. The molecule has 0 fully saturated rings. The van der Waals surface area contributed by atoms with Gasteiger partial charge in [0.2, 0.25) is 0 Å². The van der Waals surface area contributed by atoms with Gasteiger partial charge in [0.15, 0.2) is 9.84 Å². The molecule has 1 rings (SSSR count). The minimum Gasteiger partial charge on any atom is -0.478 e. The Morgan fingerprint density at radius 1 is 1.37 bits per heavy atom. The zero-order chi connectivity index (χ0) is 14.8. The maximum absolute atomic E-state index is 12.1. The van der Waals surface area contributed by atoms with Crippen molar-refractivity contribution in [3.8, 4) is 0 Å². The van der Waals surface area contributed by atoms with Gasteiger partial charge in [0.1, 0.15) is 0 Å². The van der Waals surface area contributed by atoms with E-state index in [-0.39, 0.29) is 27.1 Å². The molecule has 0 aliphatic heterocycles. The van der Waals surface area contributed by atoms with Crippen molar-refractivity contribution >= 4 is 39.0 Å². The van der Waals surface area contributed by atoms with Crippen LogP contribution in [-0.2, 0) is 9.84 Å². The summed E-state index contributed by atoms with van der Waals surface area (Å²) < 4.78 is 24.2. The molecule has 0 saturated carbocycles. The first-order chi connectivity index (χ1) is 8.66. The maximum Gasteiger partial charge on any atom is 0.338 e. The van der Waals surface area contributed by atoms with E-state index in [2.05, 4.69) is 6.58 Å². The highest BCUT2D eigenvalue weighted by Crippen LogP contribution is 2.32. The van der Waals surface area contributed by atoms with E-state index in [0.29, 0.717) is 5.57 Å². The van der Waals surface area contributed by atoms with E-state index in [1.54, 1.807) is 6.92 Å². The van der Waals surface area contributed by atoms with Gasteiger partial charge >= 0.3 is 5.97 Å². The van der Waals surface area contributed by atoms with Gasteiger partial charge in [0, 0.05) is 0 Å². The number of carbonyl (C=O) groups is 1. The lowest BCUT2D eigenvalue weighted by Crippen LogP contribution is -2.10. The fourth-order valence-electron chi connectivity index (χ4n) is 1.39. The highest BCUT2D eigenvalue weighted by Gasteiger charge is 2.24. The molecule has 0 unspecified atom stereocenters. The minimum absolute atomic E-state index is 0.101. The molecule has 0 heterocycles. The number of sulfone groups is 1. The molecule has 1 aromatic carbocycles. The first kappa shape index (κ1) is 16.0. The Bertz CT molecular complexity index is 635. The Kier molecular flexibility index (Phi) is 5.01. The van der Waals surface area contributed by atoms with Gasteiger partial charge < -0.3 is 5.11 Å². The first-order valence-corrected chi connectivity index (χ1v) is 7.66. The van der Waals surface area contributed by atoms with E-state index >= 15 is 0 Å². The van der Waals surface area contributed by atoms with Crippen molar-refractivity contribution in [2.45, 2.75) is 18.2 Å². The molecule has 4 nitrogen and oxygen atoms in total. The molecule has 0 amide bonds. The van der Waals surface area contributed by atoms with Gasteiger partial charge in [0.05, 0.1) is 26.3 Å². The van der Waals surface area contributed by atoms with Crippen LogP contribution in [0, 0.1) is 0 Å². The maximum atomic E-state index is 12.1. The van der Waals surface area contributed by atoms with Gasteiger partial charge in [-0.1, -0.05) is 28.8 Å². The minimum atomic E-state index is -3.67. The highest BCUT2D eigenvalue weighted by atomic mass is 35.5. The van der Waals surface area contributed by atoms with E-state index < -0.39 is 21.4 Å². The third kappa shape index (κ3) is 3.72.